The summed E-state index contributed by atoms with van der Waals surface area (Å²) in [7, 11) is 0. The first kappa shape index (κ1) is 18.3. The van der Waals surface area contributed by atoms with Crippen molar-refractivity contribution < 1.29 is 14.3 Å². The zero-order chi connectivity index (χ0) is 19.3. The summed E-state index contributed by atoms with van der Waals surface area (Å²) in [6, 6.07) is 15.1. The molecule has 8 heteroatoms. The van der Waals surface area contributed by atoms with Crippen LogP contribution in [0.3, 0.4) is 0 Å². The predicted octanol–water partition coefficient (Wildman–Crippen LogP) is 4.28. The van der Waals surface area contributed by atoms with Crippen molar-refractivity contribution in [3.63, 3.8) is 0 Å². The number of nitriles is 1. The third kappa shape index (κ3) is 4.27. The molecule has 2 heterocycles. The number of rotatable bonds is 6. The maximum Gasteiger partial charge on any atom is 0.236 e. The molecule has 1 aliphatic heterocycles. The molecule has 0 unspecified atom stereocenters. The van der Waals surface area contributed by atoms with Crippen molar-refractivity contribution in [2.75, 3.05) is 17.9 Å². The van der Waals surface area contributed by atoms with Crippen LogP contribution < -0.4 is 14.8 Å². The van der Waals surface area contributed by atoms with Crippen LogP contribution in [0.25, 0.3) is 11.3 Å². The van der Waals surface area contributed by atoms with Gasteiger partial charge in [0.05, 0.1) is 23.1 Å². The minimum atomic E-state index is -0.0924. The van der Waals surface area contributed by atoms with Gasteiger partial charge in [0, 0.05) is 16.7 Å². The summed E-state index contributed by atoms with van der Waals surface area (Å²) in [6.07, 6.45) is 0. The molecule has 1 N–H and O–H groups in total. The van der Waals surface area contributed by atoms with Gasteiger partial charge < -0.3 is 14.8 Å². The van der Waals surface area contributed by atoms with E-state index in [4.69, 9.17) is 14.7 Å². The van der Waals surface area contributed by atoms with Gasteiger partial charge in [0.1, 0.15) is 0 Å². The van der Waals surface area contributed by atoms with Gasteiger partial charge in [-0.3, -0.25) is 4.79 Å². The molecule has 0 saturated carbocycles. The number of nitrogens with one attached hydrogen (secondary N) is 1. The first-order chi connectivity index (χ1) is 13.7. The van der Waals surface area contributed by atoms with Crippen LogP contribution in [0.1, 0.15) is 11.1 Å². The Morgan fingerprint density at radius 2 is 2.04 bits per heavy atom. The molecule has 4 rings (SSSR count). The molecule has 140 valence electrons. The Morgan fingerprint density at radius 3 is 2.86 bits per heavy atom. The zero-order valence-electron chi connectivity index (χ0n) is 14.7. The quantitative estimate of drug-likeness (QED) is 0.654. The van der Waals surface area contributed by atoms with Crippen LogP contribution >= 0.6 is 23.1 Å². The van der Waals surface area contributed by atoms with Crippen LogP contribution in [-0.4, -0.2) is 23.4 Å². The number of hydrogen-bond donors (Lipinski definition) is 1. The van der Waals surface area contributed by atoms with Crippen LogP contribution in [-0.2, 0) is 10.5 Å². The minimum Gasteiger partial charge on any atom is -0.454 e. The molecule has 0 spiro atoms. The fraction of sp³-hybridized carbons (Fsp3) is 0.150. The molecule has 0 atom stereocenters. The van der Waals surface area contributed by atoms with Gasteiger partial charge in [0.25, 0.3) is 0 Å². The number of thiazole rings is 1. The van der Waals surface area contributed by atoms with Crippen molar-refractivity contribution in [2.45, 2.75) is 5.75 Å². The van der Waals surface area contributed by atoms with Gasteiger partial charge in [-0.05, 0) is 35.9 Å². The lowest BCUT2D eigenvalue weighted by Crippen LogP contribution is -2.13. The Bertz CT molecular complexity index is 1040. The Labute approximate surface area is 170 Å². The first-order valence-electron chi connectivity index (χ1n) is 8.43. The molecular formula is C20H15N3O3S2. The predicted molar refractivity (Wildman–Crippen MR) is 110 cm³/mol. The van der Waals surface area contributed by atoms with Gasteiger partial charge >= 0.3 is 0 Å². The third-order valence-corrected chi connectivity index (χ3v) is 5.77. The van der Waals surface area contributed by atoms with E-state index in [0.717, 1.165) is 22.6 Å². The summed E-state index contributed by atoms with van der Waals surface area (Å²) >= 11 is 2.90. The summed E-state index contributed by atoms with van der Waals surface area (Å²) in [6.45, 7) is 0.233. The number of benzene rings is 2. The van der Waals surface area contributed by atoms with E-state index < -0.39 is 0 Å². The highest BCUT2D eigenvalue weighted by atomic mass is 32.2. The van der Waals surface area contributed by atoms with Gasteiger partial charge in [0.15, 0.2) is 16.6 Å². The Hall–Kier alpha value is -3.02. The fourth-order valence-electron chi connectivity index (χ4n) is 2.61. The number of aromatic nitrogens is 1. The minimum absolute atomic E-state index is 0.0924. The van der Waals surface area contributed by atoms with Crippen LogP contribution in [0.4, 0.5) is 5.13 Å². The van der Waals surface area contributed by atoms with E-state index >= 15 is 0 Å². The summed E-state index contributed by atoms with van der Waals surface area (Å²) < 4.78 is 10.7. The van der Waals surface area contributed by atoms with Crippen molar-refractivity contribution in [2.24, 2.45) is 0 Å². The number of thioether (sulfide) groups is 1. The van der Waals surface area contributed by atoms with Crippen molar-refractivity contribution in [1.29, 1.82) is 5.26 Å². The molecule has 0 bridgehead atoms. The maximum absolute atomic E-state index is 12.2. The van der Waals surface area contributed by atoms with E-state index in [1.54, 1.807) is 12.1 Å². The Morgan fingerprint density at radius 1 is 1.21 bits per heavy atom. The first-order valence-corrected chi connectivity index (χ1v) is 10.5. The lowest BCUT2D eigenvalue weighted by Gasteiger charge is -2.03. The van der Waals surface area contributed by atoms with Crippen LogP contribution in [0, 0.1) is 11.3 Å². The molecule has 0 fully saturated rings. The van der Waals surface area contributed by atoms with E-state index in [-0.39, 0.29) is 12.7 Å². The molecule has 1 aromatic heterocycles. The van der Waals surface area contributed by atoms with E-state index in [0.29, 0.717) is 28.0 Å². The van der Waals surface area contributed by atoms with Crippen molar-refractivity contribution >= 4 is 34.1 Å². The smallest absolute Gasteiger partial charge is 0.236 e. The second kappa shape index (κ2) is 8.33. The molecule has 0 radical (unpaired) electrons. The van der Waals surface area contributed by atoms with Crippen molar-refractivity contribution in [3.05, 3.63) is 59.0 Å². The van der Waals surface area contributed by atoms with Crippen molar-refractivity contribution in [1.82, 2.24) is 4.98 Å². The molecule has 28 heavy (non-hydrogen) atoms. The highest BCUT2D eigenvalue weighted by Gasteiger charge is 2.15. The van der Waals surface area contributed by atoms with Crippen LogP contribution in [0.2, 0.25) is 0 Å². The van der Waals surface area contributed by atoms with E-state index in [9.17, 15) is 4.79 Å². The normalized spacial score (nSPS) is 11.8. The van der Waals surface area contributed by atoms with Gasteiger partial charge in [-0.2, -0.15) is 5.26 Å². The van der Waals surface area contributed by atoms with Crippen LogP contribution in [0.5, 0.6) is 11.5 Å². The Kier molecular flexibility index (Phi) is 5.46. The number of amides is 1. The maximum atomic E-state index is 12.2. The highest BCUT2D eigenvalue weighted by Crippen LogP contribution is 2.36. The van der Waals surface area contributed by atoms with E-state index in [1.165, 1.54) is 23.1 Å². The number of hydrogen-bond acceptors (Lipinski definition) is 7. The lowest BCUT2D eigenvalue weighted by atomic mass is 10.1. The molecular weight excluding hydrogens is 394 g/mol. The number of carbonyl (C=O) groups excluding carboxylic acids is 1. The molecule has 1 aliphatic rings. The highest BCUT2D eigenvalue weighted by molar-refractivity contribution is 7.99. The number of ether oxygens (including phenoxy) is 2. The fourth-order valence-corrected chi connectivity index (χ4v) is 4.14. The molecule has 3 aromatic rings. The molecule has 0 saturated heterocycles. The number of nitrogens with zero attached hydrogens (tertiary/aromatic N) is 2. The standard InChI is InChI=1S/C20H15N3O3S2/c21-8-13-1-3-14(4-2-13)9-27-11-19(24)23-20-22-16(10-28-20)15-5-6-17-18(7-15)26-12-25-17/h1-7,10H,9,11-12H2,(H,22,23,24). The Balaban J connectivity index is 1.29. The molecule has 0 aliphatic carbocycles. The number of fused-ring (bicyclic) bond motifs is 1. The van der Waals surface area contributed by atoms with E-state index in [2.05, 4.69) is 16.4 Å². The summed E-state index contributed by atoms with van der Waals surface area (Å²) in [5.74, 6) is 2.38. The topological polar surface area (TPSA) is 84.2 Å². The zero-order valence-corrected chi connectivity index (χ0v) is 16.3. The second-order valence-corrected chi connectivity index (χ2v) is 7.80. The molecule has 6 nitrogen and oxygen atoms in total. The van der Waals surface area contributed by atoms with Gasteiger partial charge in [-0.1, -0.05) is 12.1 Å². The average Bonchev–Trinajstić information content (AvgIpc) is 3.37. The average molecular weight is 409 g/mol. The summed E-state index contributed by atoms with van der Waals surface area (Å²) in [4.78, 5) is 16.6. The van der Waals surface area contributed by atoms with E-state index in [1.807, 2.05) is 35.7 Å². The number of anilines is 1. The monoisotopic (exact) mass is 409 g/mol. The second-order valence-electron chi connectivity index (χ2n) is 5.96. The van der Waals surface area contributed by atoms with Gasteiger partial charge in [-0.15, -0.1) is 23.1 Å². The summed E-state index contributed by atoms with van der Waals surface area (Å²) in [5, 5.41) is 14.1. The summed E-state index contributed by atoms with van der Waals surface area (Å²) in [5.41, 5.74) is 3.41. The van der Waals surface area contributed by atoms with Gasteiger partial charge in [-0.25, -0.2) is 4.98 Å². The van der Waals surface area contributed by atoms with Crippen LogP contribution in [0.15, 0.2) is 47.8 Å². The SMILES string of the molecule is N#Cc1ccc(CSCC(=O)Nc2nc(-c3ccc4c(c3)OCO4)cs2)cc1. The van der Waals surface area contributed by atoms with Crippen molar-refractivity contribution in [3.8, 4) is 28.8 Å². The molecule has 1 amide bonds. The largest absolute Gasteiger partial charge is 0.454 e. The third-order valence-electron chi connectivity index (χ3n) is 4.00. The number of carbonyl (C=O) groups is 1. The van der Waals surface area contributed by atoms with Gasteiger partial charge in [0.2, 0.25) is 12.7 Å². The lowest BCUT2D eigenvalue weighted by molar-refractivity contribution is -0.113. The molecule has 2 aromatic carbocycles.